The first-order valence-electron chi connectivity index (χ1n) is 10.0. The van der Waals surface area contributed by atoms with Gasteiger partial charge in [0.1, 0.15) is 0 Å². The number of carbonyl (C=O) groups is 1. The Bertz CT molecular complexity index is 1290. The number of ether oxygens (including phenoxy) is 3. The summed E-state index contributed by atoms with van der Waals surface area (Å²) in [7, 11) is 4.55. The number of nitrogens with zero attached hydrogens (tertiary/aromatic N) is 3. The van der Waals surface area contributed by atoms with Crippen molar-refractivity contribution < 1.29 is 19.0 Å². The molecule has 4 rings (SSSR count). The minimum absolute atomic E-state index is 0.256. The minimum atomic E-state index is -0.256. The Kier molecular flexibility index (Phi) is 6.67. The van der Waals surface area contributed by atoms with Crippen LogP contribution < -0.4 is 19.1 Å². The van der Waals surface area contributed by atoms with Crippen LogP contribution in [0.25, 0.3) is 10.2 Å². The van der Waals surface area contributed by atoms with Gasteiger partial charge in [0.25, 0.3) is 5.91 Å². The molecule has 0 bridgehead atoms. The van der Waals surface area contributed by atoms with Gasteiger partial charge in [0.05, 0.1) is 38.1 Å². The highest BCUT2D eigenvalue weighted by Crippen LogP contribution is 2.40. The molecule has 2 aromatic heterocycles. The number of fused-ring (bicyclic) bond motifs is 1. The molecule has 0 N–H and O–H groups in total. The topological polar surface area (TPSA) is 73.8 Å². The molecule has 4 aromatic rings. The fourth-order valence-corrected chi connectivity index (χ4v) is 4.93. The molecule has 0 aliphatic rings. The average Bonchev–Trinajstić information content (AvgIpc) is 3.25. The van der Waals surface area contributed by atoms with E-state index in [1.165, 1.54) is 32.7 Å². The van der Waals surface area contributed by atoms with Crippen LogP contribution >= 0.6 is 22.9 Å². The third-order valence-electron chi connectivity index (χ3n) is 5.12. The number of anilines is 1. The van der Waals surface area contributed by atoms with E-state index in [0.29, 0.717) is 39.5 Å². The Labute approximate surface area is 200 Å². The van der Waals surface area contributed by atoms with Crippen molar-refractivity contribution in [3.8, 4) is 17.2 Å². The standard InChI is InChI=1S/C24H22ClN3O4S/c1-14-9-17(25)12-20-21(14)27-24(33-20)28(13-15-5-7-26-8-6-15)23(29)16-10-18(30-2)22(32-4)19(11-16)31-3/h5-12H,13H2,1-4H3. The number of aromatic nitrogens is 2. The Morgan fingerprint density at radius 1 is 1.03 bits per heavy atom. The van der Waals surface area contributed by atoms with E-state index >= 15 is 0 Å². The van der Waals surface area contributed by atoms with E-state index in [1.807, 2.05) is 31.2 Å². The van der Waals surface area contributed by atoms with Crippen LogP contribution in [0.4, 0.5) is 5.13 Å². The monoisotopic (exact) mass is 483 g/mol. The third-order valence-corrected chi connectivity index (χ3v) is 6.36. The normalized spacial score (nSPS) is 10.8. The Hall–Kier alpha value is -3.36. The molecule has 9 heteroatoms. The Balaban J connectivity index is 1.83. The summed E-state index contributed by atoms with van der Waals surface area (Å²) in [6.45, 7) is 2.26. The molecule has 2 heterocycles. The van der Waals surface area contributed by atoms with Crippen molar-refractivity contribution in [1.82, 2.24) is 9.97 Å². The van der Waals surface area contributed by atoms with E-state index in [9.17, 15) is 4.79 Å². The second-order valence-electron chi connectivity index (χ2n) is 7.23. The zero-order valence-electron chi connectivity index (χ0n) is 18.6. The van der Waals surface area contributed by atoms with Crippen molar-refractivity contribution in [2.24, 2.45) is 0 Å². The van der Waals surface area contributed by atoms with Crippen LogP contribution in [0, 0.1) is 6.92 Å². The SMILES string of the molecule is COc1cc(C(=O)N(Cc2ccncc2)c2nc3c(C)cc(Cl)cc3s2)cc(OC)c1OC. The highest BCUT2D eigenvalue weighted by molar-refractivity contribution is 7.22. The smallest absolute Gasteiger partial charge is 0.260 e. The van der Waals surface area contributed by atoms with Crippen molar-refractivity contribution in [2.75, 3.05) is 26.2 Å². The molecule has 0 unspecified atom stereocenters. The maximum Gasteiger partial charge on any atom is 0.260 e. The number of thiazole rings is 1. The third kappa shape index (κ3) is 4.58. The van der Waals surface area contributed by atoms with Gasteiger partial charge in [-0.1, -0.05) is 22.9 Å². The lowest BCUT2D eigenvalue weighted by molar-refractivity contribution is 0.0984. The summed E-state index contributed by atoms with van der Waals surface area (Å²) < 4.78 is 17.2. The summed E-state index contributed by atoms with van der Waals surface area (Å²) in [5.41, 5.74) is 3.06. The molecule has 1 amide bonds. The van der Waals surface area contributed by atoms with Crippen LogP contribution in [0.1, 0.15) is 21.5 Å². The van der Waals surface area contributed by atoms with Gasteiger partial charge in [-0.15, -0.1) is 0 Å². The van der Waals surface area contributed by atoms with Crippen LogP contribution in [0.15, 0.2) is 48.8 Å². The summed E-state index contributed by atoms with van der Waals surface area (Å²) in [5, 5.41) is 1.19. The van der Waals surface area contributed by atoms with Crippen LogP contribution in [0.5, 0.6) is 17.2 Å². The predicted molar refractivity (Wildman–Crippen MR) is 130 cm³/mol. The molecule has 0 saturated carbocycles. The first-order valence-corrected chi connectivity index (χ1v) is 11.2. The molecule has 0 radical (unpaired) electrons. The molecule has 0 aliphatic carbocycles. The van der Waals surface area contributed by atoms with Crippen LogP contribution in [-0.2, 0) is 6.54 Å². The van der Waals surface area contributed by atoms with Crippen molar-refractivity contribution in [2.45, 2.75) is 13.5 Å². The molecule has 0 aliphatic heterocycles. The minimum Gasteiger partial charge on any atom is -0.493 e. The second kappa shape index (κ2) is 9.64. The summed E-state index contributed by atoms with van der Waals surface area (Å²) in [5.74, 6) is 0.961. The number of benzene rings is 2. The highest BCUT2D eigenvalue weighted by Gasteiger charge is 2.25. The molecule has 33 heavy (non-hydrogen) atoms. The van der Waals surface area contributed by atoms with E-state index in [0.717, 1.165) is 21.3 Å². The number of carbonyl (C=O) groups excluding carboxylic acids is 1. The van der Waals surface area contributed by atoms with Gasteiger partial charge in [-0.25, -0.2) is 4.98 Å². The Morgan fingerprint density at radius 2 is 1.70 bits per heavy atom. The summed E-state index contributed by atoms with van der Waals surface area (Å²) in [4.78, 5) is 24.3. The molecule has 0 atom stereocenters. The van der Waals surface area contributed by atoms with Gasteiger partial charge in [-0.2, -0.15) is 0 Å². The van der Waals surface area contributed by atoms with E-state index < -0.39 is 0 Å². The van der Waals surface area contributed by atoms with Gasteiger partial charge >= 0.3 is 0 Å². The highest BCUT2D eigenvalue weighted by atomic mass is 35.5. The van der Waals surface area contributed by atoms with E-state index in [4.69, 9.17) is 30.8 Å². The fraction of sp³-hybridized carbons (Fsp3) is 0.208. The van der Waals surface area contributed by atoms with Gasteiger partial charge in [0.15, 0.2) is 16.6 Å². The molecule has 0 saturated heterocycles. The number of hydrogen-bond donors (Lipinski definition) is 0. The molecular formula is C24H22ClN3O4S. The number of rotatable bonds is 7. The van der Waals surface area contributed by atoms with Crippen LogP contribution in [0.3, 0.4) is 0 Å². The number of amides is 1. The predicted octanol–water partition coefficient (Wildman–Crippen LogP) is 5.53. The van der Waals surface area contributed by atoms with Gasteiger partial charge in [0.2, 0.25) is 5.75 Å². The van der Waals surface area contributed by atoms with Crippen molar-refractivity contribution in [3.05, 3.63) is 70.5 Å². The molecule has 0 spiro atoms. The van der Waals surface area contributed by atoms with Crippen molar-refractivity contribution in [3.63, 3.8) is 0 Å². The quantitative estimate of drug-likeness (QED) is 0.344. The Morgan fingerprint density at radius 3 is 2.30 bits per heavy atom. The van der Waals surface area contributed by atoms with Gasteiger partial charge in [-0.05, 0) is 54.4 Å². The molecular weight excluding hydrogens is 462 g/mol. The van der Waals surface area contributed by atoms with Crippen LogP contribution in [0.2, 0.25) is 5.02 Å². The lowest BCUT2D eigenvalue weighted by Gasteiger charge is -2.21. The largest absolute Gasteiger partial charge is 0.493 e. The average molecular weight is 484 g/mol. The number of aryl methyl sites for hydroxylation is 1. The van der Waals surface area contributed by atoms with E-state index in [2.05, 4.69) is 4.98 Å². The maximum atomic E-state index is 13.8. The zero-order chi connectivity index (χ0) is 23.5. The van der Waals surface area contributed by atoms with Crippen molar-refractivity contribution >= 4 is 44.2 Å². The van der Waals surface area contributed by atoms with E-state index in [-0.39, 0.29) is 5.91 Å². The van der Waals surface area contributed by atoms with Gasteiger partial charge in [0, 0.05) is 23.0 Å². The van der Waals surface area contributed by atoms with Gasteiger partial charge < -0.3 is 14.2 Å². The first-order chi connectivity index (χ1) is 15.9. The maximum absolute atomic E-state index is 13.8. The summed E-state index contributed by atoms with van der Waals surface area (Å²) >= 11 is 7.66. The molecule has 2 aromatic carbocycles. The number of halogens is 1. The van der Waals surface area contributed by atoms with Gasteiger partial charge in [-0.3, -0.25) is 14.7 Å². The fourth-order valence-electron chi connectivity index (χ4n) is 3.52. The first kappa shape index (κ1) is 22.8. The number of hydrogen-bond acceptors (Lipinski definition) is 7. The van der Waals surface area contributed by atoms with Crippen LogP contribution in [-0.4, -0.2) is 37.2 Å². The summed E-state index contributed by atoms with van der Waals surface area (Å²) in [6, 6.07) is 10.7. The second-order valence-corrected chi connectivity index (χ2v) is 8.67. The lowest BCUT2D eigenvalue weighted by atomic mass is 10.1. The molecule has 170 valence electrons. The summed E-state index contributed by atoms with van der Waals surface area (Å²) in [6.07, 6.45) is 3.39. The molecule has 0 fully saturated rings. The van der Waals surface area contributed by atoms with E-state index in [1.54, 1.807) is 29.4 Å². The van der Waals surface area contributed by atoms with Crippen molar-refractivity contribution in [1.29, 1.82) is 0 Å². The number of pyridine rings is 1. The number of methoxy groups -OCH3 is 3. The zero-order valence-corrected chi connectivity index (χ0v) is 20.2. The lowest BCUT2D eigenvalue weighted by Crippen LogP contribution is -2.30. The molecule has 7 nitrogen and oxygen atoms in total.